The molecular formula is C7H15NO2S. The quantitative estimate of drug-likeness (QED) is 0.571. The number of thioether (sulfide) groups is 1. The summed E-state index contributed by atoms with van der Waals surface area (Å²) >= 11 is 1.70. The molecule has 0 aliphatic carbocycles. The molecule has 0 bridgehead atoms. The molecule has 0 spiro atoms. The van der Waals surface area contributed by atoms with Crippen molar-refractivity contribution in [2.75, 3.05) is 24.7 Å². The van der Waals surface area contributed by atoms with E-state index in [0.717, 1.165) is 24.5 Å². The van der Waals surface area contributed by atoms with E-state index in [9.17, 15) is 4.79 Å². The second-order valence-electron chi connectivity index (χ2n) is 2.17. The average Bonchev–Trinajstić information content (AvgIpc) is 1.96. The number of amides is 1. The SMILES string of the molecule is CC(=O)NCCCSCCO. The van der Waals surface area contributed by atoms with Gasteiger partial charge in [-0.05, 0) is 12.2 Å². The molecule has 2 N–H and O–H groups in total. The van der Waals surface area contributed by atoms with Gasteiger partial charge in [0.05, 0.1) is 6.61 Å². The van der Waals surface area contributed by atoms with Crippen molar-refractivity contribution in [2.24, 2.45) is 0 Å². The number of carbonyl (C=O) groups is 1. The van der Waals surface area contributed by atoms with Crippen LogP contribution in [0.3, 0.4) is 0 Å². The van der Waals surface area contributed by atoms with Crippen molar-refractivity contribution >= 4 is 17.7 Å². The molecule has 66 valence electrons. The predicted molar refractivity (Wildman–Crippen MR) is 47.7 cm³/mol. The van der Waals surface area contributed by atoms with Crippen molar-refractivity contribution in [2.45, 2.75) is 13.3 Å². The zero-order chi connectivity index (χ0) is 8.53. The summed E-state index contributed by atoms with van der Waals surface area (Å²) in [6.45, 7) is 2.50. The van der Waals surface area contributed by atoms with Crippen molar-refractivity contribution in [1.29, 1.82) is 0 Å². The van der Waals surface area contributed by atoms with Crippen LogP contribution >= 0.6 is 11.8 Å². The van der Waals surface area contributed by atoms with Crippen LogP contribution in [0.2, 0.25) is 0 Å². The Morgan fingerprint density at radius 3 is 2.82 bits per heavy atom. The molecule has 11 heavy (non-hydrogen) atoms. The van der Waals surface area contributed by atoms with E-state index in [2.05, 4.69) is 5.32 Å². The lowest BCUT2D eigenvalue weighted by atomic mass is 10.5. The molecule has 4 heteroatoms. The van der Waals surface area contributed by atoms with E-state index in [0.29, 0.717) is 0 Å². The van der Waals surface area contributed by atoms with E-state index in [1.807, 2.05) is 0 Å². The van der Waals surface area contributed by atoms with Gasteiger partial charge in [-0.25, -0.2) is 0 Å². The van der Waals surface area contributed by atoms with Crippen LogP contribution in [-0.2, 0) is 4.79 Å². The molecule has 0 fully saturated rings. The maximum Gasteiger partial charge on any atom is 0.216 e. The number of rotatable bonds is 6. The summed E-state index contributed by atoms with van der Waals surface area (Å²) in [5, 5.41) is 11.1. The number of aliphatic hydroxyl groups excluding tert-OH is 1. The summed E-state index contributed by atoms with van der Waals surface area (Å²) in [6, 6.07) is 0. The summed E-state index contributed by atoms with van der Waals surface area (Å²) in [5.74, 6) is 1.82. The Hall–Kier alpha value is -0.220. The molecule has 0 aromatic rings. The van der Waals surface area contributed by atoms with Crippen LogP contribution in [0.25, 0.3) is 0 Å². The minimum Gasteiger partial charge on any atom is -0.396 e. The predicted octanol–water partition coefficient (Wildman–Crippen LogP) is 0.238. The number of carbonyl (C=O) groups excluding carboxylic acids is 1. The molecular weight excluding hydrogens is 162 g/mol. The van der Waals surface area contributed by atoms with Crippen LogP contribution in [0, 0.1) is 0 Å². The molecule has 0 heterocycles. The summed E-state index contributed by atoms with van der Waals surface area (Å²) in [5.41, 5.74) is 0. The van der Waals surface area contributed by atoms with Gasteiger partial charge >= 0.3 is 0 Å². The Morgan fingerprint density at radius 1 is 1.55 bits per heavy atom. The van der Waals surface area contributed by atoms with E-state index in [1.165, 1.54) is 6.92 Å². The van der Waals surface area contributed by atoms with Gasteiger partial charge in [0.25, 0.3) is 0 Å². The standard InChI is InChI=1S/C7H15NO2S/c1-7(10)8-3-2-5-11-6-4-9/h9H,2-6H2,1H3,(H,8,10). The molecule has 0 saturated heterocycles. The van der Waals surface area contributed by atoms with Gasteiger partial charge in [-0.15, -0.1) is 0 Å². The third-order valence-corrected chi connectivity index (χ3v) is 2.12. The largest absolute Gasteiger partial charge is 0.396 e. The minimum absolute atomic E-state index is 0.0251. The Morgan fingerprint density at radius 2 is 2.27 bits per heavy atom. The van der Waals surface area contributed by atoms with Crippen LogP contribution < -0.4 is 5.32 Å². The third kappa shape index (κ3) is 9.78. The molecule has 0 aliphatic heterocycles. The van der Waals surface area contributed by atoms with Gasteiger partial charge in [0.1, 0.15) is 0 Å². The third-order valence-electron chi connectivity index (χ3n) is 1.08. The lowest BCUT2D eigenvalue weighted by Gasteiger charge is -2.00. The van der Waals surface area contributed by atoms with Gasteiger partial charge in [-0.1, -0.05) is 0 Å². The van der Waals surface area contributed by atoms with Crippen molar-refractivity contribution in [3.05, 3.63) is 0 Å². The van der Waals surface area contributed by atoms with Crippen LogP contribution in [0.1, 0.15) is 13.3 Å². The molecule has 0 unspecified atom stereocenters. The highest BCUT2D eigenvalue weighted by atomic mass is 32.2. The highest BCUT2D eigenvalue weighted by Gasteiger charge is 1.90. The maximum absolute atomic E-state index is 10.4. The van der Waals surface area contributed by atoms with Gasteiger partial charge in [0, 0.05) is 19.2 Å². The van der Waals surface area contributed by atoms with Crippen LogP contribution in [0.5, 0.6) is 0 Å². The van der Waals surface area contributed by atoms with Crippen molar-refractivity contribution < 1.29 is 9.90 Å². The molecule has 0 aromatic heterocycles. The molecule has 1 amide bonds. The van der Waals surface area contributed by atoms with Crippen LogP contribution in [0.15, 0.2) is 0 Å². The van der Waals surface area contributed by atoms with Crippen molar-refractivity contribution in [1.82, 2.24) is 5.32 Å². The zero-order valence-corrected chi connectivity index (χ0v) is 7.62. The fourth-order valence-electron chi connectivity index (χ4n) is 0.605. The second-order valence-corrected chi connectivity index (χ2v) is 3.40. The number of nitrogens with one attached hydrogen (secondary N) is 1. The van der Waals surface area contributed by atoms with E-state index in [4.69, 9.17) is 5.11 Å². The zero-order valence-electron chi connectivity index (χ0n) is 6.80. The van der Waals surface area contributed by atoms with Crippen LogP contribution in [0.4, 0.5) is 0 Å². The van der Waals surface area contributed by atoms with Gasteiger partial charge in [0.15, 0.2) is 0 Å². The second kappa shape index (κ2) is 7.88. The first-order chi connectivity index (χ1) is 5.27. The monoisotopic (exact) mass is 177 g/mol. The first kappa shape index (κ1) is 10.8. The smallest absolute Gasteiger partial charge is 0.216 e. The molecule has 0 rings (SSSR count). The molecule has 0 radical (unpaired) electrons. The van der Waals surface area contributed by atoms with E-state index in [-0.39, 0.29) is 12.5 Å². The highest BCUT2D eigenvalue weighted by Crippen LogP contribution is 1.99. The van der Waals surface area contributed by atoms with E-state index >= 15 is 0 Å². The Kier molecular flexibility index (Phi) is 7.72. The lowest BCUT2D eigenvalue weighted by Crippen LogP contribution is -2.21. The Bertz CT molecular complexity index is 109. The van der Waals surface area contributed by atoms with Crippen molar-refractivity contribution in [3.8, 4) is 0 Å². The summed E-state index contributed by atoms with van der Waals surface area (Å²) < 4.78 is 0. The van der Waals surface area contributed by atoms with Crippen LogP contribution in [-0.4, -0.2) is 35.7 Å². The first-order valence-corrected chi connectivity index (χ1v) is 4.86. The Balaban J connectivity index is 2.85. The van der Waals surface area contributed by atoms with Gasteiger partial charge in [-0.3, -0.25) is 4.79 Å². The molecule has 0 atom stereocenters. The topological polar surface area (TPSA) is 49.3 Å². The summed E-state index contributed by atoms with van der Waals surface area (Å²) in [6.07, 6.45) is 0.976. The summed E-state index contributed by atoms with van der Waals surface area (Å²) in [4.78, 5) is 10.4. The average molecular weight is 177 g/mol. The number of hydrogen-bond donors (Lipinski definition) is 2. The summed E-state index contributed by atoms with van der Waals surface area (Å²) in [7, 11) is 0. The molecule has 0 aliphatic rings. The highest BCUT2D eigenvalue weighted by molar-refractivity contribution is 7.99. The number of aliphatic hydroxyl groups is 1. The lowest BCUT2D eigenvalue weighted by molar-refractivity contribution is -0.118. The fourth-order valence-corrected chi connectivity index (χ4v) is 1.29. The Labute approximate surface area is 71.6 Å². The molecule has 0 aromatic carbocycles. The number of hydrogen-bond acceptors (Lipinski definition) is 3. The normalized spacial score (nSPS) is 9.64. The molecule has 0 saturated carbocycles. The van der Waals surface area contributed by atoms with Gasteiger partial charge in [0.2, 0.25) is 5.91 Å². The fraction of sp³-hybridized carbons (Fsp3) is 0.857. The van der Waals surface area contributed by atoms with Gasteiger partial charge in [-0.2, -0.15) is 11.8 Å². The van der Waals surface area contributed by atoms with E-state index in [1.54, 1.807) is 11.8 Å². The van der Waals surface area contributed by atoms with E-state index < -0.39 is 0 Å². The maximum atomic E-state index is 10.4. The van der Waals surface area contributed by atoms with Gasteiger partial charge < -0.3 is 10.4 Å². The molecule has 3 nitrogen and oxygen atoms in total. The minimum atomic E-state index is 0.0251. The first-order valence-electron chi connectivity index (χ1n) is 3.70. The van der Waals surface area contributed by atoms with Crippen molar-refractivity contribution in [3.63, 3.8) is 0 Å².